The molecule has 5 heteroatoms. The summed E-state index contributed by atoms with van der Waals surface area (Å²) in [5.41, 5.74) is 3.39. The Balaban J connectivity index is 1.52. The zero-order valence-electron chi connectivity index (χ0n) is 16.7. The van der Waals surface area contributed by atoms with Gasteiger partial charge in [-0.15, -0.1) is 0 Å². The van der Waals surface area contributed by atoms with Crippen LogP contribution in [0.4, 0.5) is 11.4 Å². The van der Waals surface area contributed by atoms with Crippen molar-refractivity contribution in [3.05, 3.63) is 83.4 Å². The van der Waals surface area contributed by atoms with E-state index in [2.05, 4.69) is 23.1 Å². The van der Waals surface area contributed by atoms with Gasteiger partial charge in [-0.3, -0.25) is 9.79 Å². The summed E-state index contributed by atoms with van der Waals surface area (Å²) in [6, 6.07) is 22.5. The molecule has 0 radical (unpaired) electrons. The fraction of sp³-hybridized carbons (Fsp3) is 0.160. The second kappa shape index (κ2) is 7.84. The van der Waals surface area contributed by atoms with Crippen molar-refractivity contribution >= 4 is 24.0 Å². The van der Waals surface area contributed by atoms with E-state index in [9.17, 15) is 10.1 Å². The van der Waals surface area contributed by atoms with Crippen LogP contribution in [0.2, 0.25) is 0 Å². The molecule has 1 aliphatic rings. The van der Waals surface area contributed by atoms with E-state index >= 15 is 0 Å². The molecule has 0 bridgehead atoms. The third kappa shape index (κ3) is 3.94. The molecule has 0 aromatic heterocycles. The van der Waals surface area contributed by atoms with Gasteiger partial charge in [-0.1, -0.05) is 18.2 Å². The van der Waals surface area contributed by atoms with Crippen LogP contribution in [0.1, 0.15) is 34.3 Å². The predicted molar refractivity (Wildman–Crippen MR) is 118 cm³/mol. The minimum atomic E-state index is -0.420. The van der Waals surface area contributed by atoms with Gasteiger partial charge < -0.3 is 10.1 Å². The Morgan fingerprint density at radius 3 is 2.50 bits per heavy atom. The maximum absolute atomic E-state index is 12.8. The summed E-state index contributed by atoms with van der Waals surface area (Å²) >= 11 is 0. The number of ether oxygens (including phenoxy) is 1. The molecule has 1 aliphatic carbocycles. The maximum atomic E-state index is 12.8. The Morgan fingerprint density at radius 2 is 1.83 bits per heavy atom. The van der Waals surface area contributed by atoms with Gasteiger partial charge in [-0.2, -0.15) is 5.26 Å². The quantitative estimate of drug-likeness (QED) is 0.526. The molecule has 0 aliphatic heterocycles. The molecule has 3 aromatic rings. The molecule has 0 atom stereocenters. The Morgan fingerprint density at radius 1 is 1.10 bits per heavy atom. The topological polar surface area (TPSA) is 74.5 Å². The highest BCUT2D eigenvalue weighted by molar-refractivity contribution is 6.04. The zero-order valence-corrected chi connectivity index (χ0v) is 16.7. The van der Waals surface area contributed by atoms with Crippen molar-refractivity contribution in [1.82, 2.24) is 0 Å². The molecule has 30 heavy (non-hydrogen) atoms. The zero-order chi connectivity index (χ0) is 21.1. The van der Waals surface area contributed by atoms with Gasteiger partial charge in [-0.05, 0) is 80.1 Å². The van der Waals surface area contributed by atoms with E-state index in [4.69, 9.17) is 4.74 Å². The van der Waals surface area contributed by atoms with Crippen molar-refractivity contribution in [2.24, 2.45) is 4.99 Å². The van der Waals surface area contributed by atoms with Crippen molar-refractivity contribution in [1.29, 1.82) is 5.26 Å². The first kappa shape index (κ1) is 19.4. The first-order valence-corrected chi connectivity index (χ1v) is 9.71. The molecule has 1 saturated carbocycles. The minimum Gasteiger partial charge on any atom is -0.457 e. The van der Waals surface area contributed by atoms with Crippen molar-refractivity contribution in [3.8, 4) is 17.6 Å². The van der Waals surface area contributed by atoms with Crippen molar-refractivity contribution < 1.29 is 9.53 Å². The van der Waals surface area contributed by atoms with E-state index < -0.39 is 5.41 Å². The summed E-state index contributed by atoms with van der Waals surface area (Å²) in [6.45, 7) is 5.42. The number of carbonyl (C=O) groups is 1. The Bertz CT molecular complexity index is 1160. The van der Waals surface area contributed by atoms with Crippen LogP contribution in [-0.4, -0.2) is 12.6 Å². The minimum absolute atomic E-state index is 0.216. The molecule has 0 heterocycles. The Hall–Kier alpha value is -3.91. The largest absolute Gasteiger partial charge is 0.457 e. The molecule has 1 fully saturated rings. The lowest BCUT2D eigenvalue weighted by molar-refractivity contribution is 0.102. The van der Waals surface area contributed by atoms with Crippen LogP contribution in [0.3, 0.4) is 0 Å². The van der Waals surface area contributed by atoms with Gasteiger partial charge in [0.2, 0.25) is 0 Å². The van der Waals surface area contributed by atoms with Gasteiger partial charge in [-0.25, -0.2) is 0 Å². The molecule has 0 unspecified atom stereocenters. The molecule has 5 nitrogen and oxygen atoms in total. The van der Waals surface area contributed by atoms with Crippen molar-refractivity contribution in [2.75, 3.05) is 5.32 Å². The standard InChI is InChI=1S/C25H21N3O2/c1-17-6-9-22(30-21-10-7-20(27-2)8-11-21)15-23(17)28-24(29)18-4-3-5-19(14-18)25(16-26)12-13-25/h3-11,14-15H,2,12-13H2,1H3,(H,28,29). The van der Waals surface area contributed by atoms with Crippen LogP contribution < -0.4 is 10.1 Å². The number of anilines is 1. The summed E-state index contributed by atoms with van der Waals surface area (Å²) in [5.74, 6) is 1.07. The molecular formula is C25H21N3O2. The molecule has 0 saturated heterocycles. The van der Waals surface area contributed by atoms with Crippen LogP contribution in [0.25, 0.3) is 0 Å². The molecule has 4 rings (SSSR count). The number of benzene rings is 3. The van der Waals surface area contributed by atoms with Gasteiger partial charge in [0.25, 0.3) is 5.91 Å². The monoisotopic (exact) mass is 395 g/mol. The lowest BCUT2D eigenvalue weighted by Gasteiger charge is -2.13. The SMILES string of the molecule is C=Nc1ccc(Oc2ccc(C)c(NC(=O)c3cccc(C4(C#N)CC4)c3)c2)cc1. The number of hydrogen-bond acceptors (Lipinski definition) is 4. The summed E-state index contributed by atoms with van der Waals surface area (Å²) in [4.78, 5) is 16.7. The van der Waals surface area contributed by atoms with Crippen LogP contribution >= 0.6 is 0 Å². The van der Waals surface area contributed by atoms with Gasteiger partial charge in [0.05, 0.1) is 17.2 Å². The third-order valence-electron chi connectivity index (χ3n) is 5.35. The lowest BCUT2D eigenvalue weighted by atomic mass is 9.96. The van der Waals surface area contributed by atoms with E-state index in [1.807, 2.05) is 61.5 Å². The fourth-order valence-electron chi connectivity index (χ4n) is 3.30. The van der Waals surface area contributed by atoms with Crippen molar-refractivity contribution in [3.63, 3.8) is 0 Å². The van der Waals surface area contributed by atoms with Gasteiger partial charge in [0, 0.05) is 17.3 Å². The fourth-order valence-corrected chi connectivity index (χ4v) is 3.30. The van der Waals surface area contributed by atoms with Crippen LogP contribution in [0.5, 0.6) is 11.5 Å². The molecule has 1 amide bonds. The van der Waals surface area contributed by atoms with E-state index in [0.717, 1.165) is 29.7 Å². The van der Waals surface area contributed by atoms with E-state index in [1.165, 1.54) is 0 Å². The third-order valence-corrected chi connectivity index (χ3v) is 5.35. The number of hydrogen-bond donors (Lipinski definition) is 1. The number of nitrogens with zero attached hydrogens (tertiary/aromatic N) is 2. The first-order valence-electron chi connectivity index (χ1n) is 9.71. The van der Waals surface area contributed by atoms with Gasteiger partial charge in [0.15, 0.2) is 0 Å². The molecular weight excluding hydrogens is 374 g/mol. The van der Waals surface area contributed by atoms with Gasteiger partial charge in [0.1, 0.15) is 11.5 Å². The summed E-state index contributed by atoms with van der Waals surface area (Å²) < 4.78 is 5.90. The van der Waals surface area contributed by atoms with Crippen LogP contribution in [0.15, 0.2) is 71.7 Å². The first-order chi connectivity index (χ1) is 14.5. The number of nitrogens with one attached hydrogen (secondary N) is 1. The number of amides is 1. The highest BCUT2D eigenvalue weighted by atomic mass is 16.5. The lowest BCUT2D eigenvalue weighted by Crippen LogP contribution is -2.14. The number of aliphatic imine (C=N–C) groups is 1. The number of aryl methyl sites for hydroxylation is 1. The summed E-state index contributed by atoms with van der Waals surface area (Å²) in [6.07, 6.45) is 1.69. The average Bonchev–Trinajstić information content (AvgIpc) is 3.58. The predicted octanol–water partition coefficient (Wildman–Crippen LogP) is 5.93. The summed E-state index contributed by atoms with van der Waals surface area (Å²) in [7, 11) is 0. The van der Waals surface area contributed by atoms with E-state index in [-0.39, 0.29) is 5.91 Å². The van der Waals surface area contributed by atoms with E-state index in [0.29, 0.717) is 22.7 Å². The normalized spacial score (nSPS) is 13.7. The van der Waals surface area contributed by atoms with E-state index in [1.54, 1.807) is 12.1 Å². The molecule has 3 aromatic carbocycles. The van der Waals surface area contributed by atoms with Gasteiger partial charge >= 0.3 is 0 Å². The second-order valence-corrected chi connectivity index (χ2v) is 7.46. The molecule has 148 valence electrons. The van der Waals surface area contributed by atoms with Crippen LogP contribution in [-0.2, 0) is 5.41 Å². The number of rotatable bonds is 6. The highest BCUT2D eigenvalue weighted by Crippen LogP contribution is 2.47. The average molecular weight is 395 g/mol. The maximum Gasteiger partial charge on any atom is 0.255 e. The molecule has 1 N–H and O–H groups in total. The van der Waals surface area contributed by atoms with Crippen LogP contribution in [0, 0.1) is 18.3 Å². The number of carbonyl (C=O) groups excluding carboxylic acids is 1. The second-order valence-electron chi connectivity index (χ2n) is 7.46. The Kier molecular flexibility index (Phi) is 5.07. The molecule has 0 spiro atoms. The number of nitriles is 1. The summed E-state index contributed by atoms with van der Waals surface area (Å²) in [5, 5.41) is 12.4. The smallest absolute Gasteiger partial charge is 0.255 e. The van der Waals surface area contributed by atoms with Crippen molar-refractivity contribution in [2.45, 2.75) is 25.2 Å². The highest BCUT2D eigenvalue weighted by Gasteiger charge is 2.45. The Labute approximate surface area is 175 Å².